The SMILES string of the molecule is C=CC(C)(C)C(=O)[C@H]1OC1(C)C. The van der Waals surface area contributed by atoms with E-state index >= 15 is 0 Å². The average molecular weight is 168 g/mol. The predicted octanol–water partition coefficient (Wildman–Crippen LogP) is 1.95. The van der Waals surface area contributed by atoms with E-state index in [1.807, 2.05) is 27.7 Å². The molecule has 0 spiro atoms. The molecule has 1 aliphatic heterocycles. The van der Waals surface area contributed by atoms with Crippen molar-refractivity contribution in [1.82, 2.24) is 0 Å². The number of hydrogen-bond acceptors (Lipinski definition) is 2. The van der Waals surface area contributed by atoms with Gasteiger partial charge in [0.25, 0.3) is 0 Å². The van der Waals surface area contributed by atoms with Crippen molar-refractivity contribution in [1.29, 1.82) is 0 Å². The molecule has 0 saturated carbocycles. The average Bonchev–Trinajstić information content (AvgIpc) is 2.58. The zero-order valence-corrected chi connectivity index (χ0v) is 8.18. The smallest absolute Gasteiger partial charge is 0.173 e. The summed E-state index contributed by atoms with van der Waals surface area (Å²) in [6.45, 7) is 11.2. The van der Waals surface area contributed by atoms with Crippen molar-refractivity contribution in [3.63, 3.8) is 0 Å². The quantitative estimate of drug-likeness (QED) is 0.476. The highest BCUT2D eigenvalue weighted by Crippen LogP contribution is 2.40. The van der Waals surface area contributed by atoms with Gasteiger partial charge in [-0.1, -0.05) is 6.08 Å². The topological polar surface area (TPSA) is 29.6 Å². The number of ketones is 1. The van der Waals surface area contributed by atoms with E-state index in [-0.39, 0.29) is 17.5 Å². The number of epoxide rings is 1. The van der Waals surface area contributed by atoms with Gasteiger partial charge in [-0.2, -0.15) is 0 Å². The number of carbonyl (C=O) groups is 1. The summed E-state index contributed by atoms with van der Waals surface area (Å²) in [4.78, 5) is 11.7. The first-order valence-electron chi connectivity index (χ1n) is 4.17. The van der Waals surface area contributed by atoms with Crippen molar-refractivity contribution in [2.75, 3.05) is 0 Å². The van der Waals surface area contributed by atoms with E-state index in [4.69, 9.17) is 4.74 Å². The largest absolute Gasteiger partial charge is 0.358 e. The van der Waals surface area contributed by atoms with Crippen LogP contribution in [-0.2, 0) is 9.53 Å². The van der Waals surface area contributed by atoms with Crippen LogP contribution < -0.4 is 0 Å². The van der Waals surface area contributed by atoms with Gasteiger partial charge >= 0.3 is 0 Å². The van der Waals surface area contributed by atoms with Crippen LogP contribution in [-0.4, -0.2) is 17.5 Å². The van der Waals surface area contributed by atoms with E-state index in [1.165, 1.54) is 0 Å². The van der Waals surface area contributed by atoms with Crippen molar-refractivity contribution < 1.29 is 9.53 Å². The Morgan fingerprint density at radius 3 is 2.25 bits per heavy atom. The molecule has 0 aromatic heterocycles. The van der Waals surface area contributed by atoms with Gasteiger partial charge in [0.05, 0.1) is 5.60 Å². The van der Waals surface area contributed by atoms with Gasteiger partial charge in [0.15, 0.2) is 5.78 Å². The van der Waals surface area contributed by atoms with Crippen LogP contribution in [0, 0.1) is 5.41 Å². The number of hydrogen-bond donors (Lipinski definition) is 0. The second kappa shape index (κ2) is 2.43. The molecule has 0 bridgehead atoms. The van der Waals surface area contributed by atoms with E-state index in [9.17, 15) is 4.79 Å². The molecule has 1 fully saturated rings. The summed E-state index contributed by atoms with van der Waals surface area (Å²) in [6.07, 6.45) is 1.44. The molecule has 0 amide bonds. The Labute approximate surface area is 73.6 Å². The zero-order chi connectivity index (χ0) is 9.57. The van der Waals surface area contributed by atoms with Crippen LogP contribution >= 0.6 is 0 Å². The predicted molar refractivity (Wildman–Crippen MR) is 47.9 cm³/mol. The van der Waals surface area contributed by atoms with E-state index in [2.05, 4.69) is 6.58 Å². The molecule has 1 atom stereocenters. The van der Waals surface area contributed by atoms with Crippen LogP contribution in [0.3, 0.4) is 0 Å². The number of ether oxygens (including phenoxy) is 1. The highest BCUT2D eigenvalue weighted by molar-refractivity contribution is 5.92. The van der Waals surface area contributed by atoms with Gasteiger partial charge in [-0.15, -0.1) is 6.58 Å². The molecule has 2 heteroatoms. The van der Waals surface area contributed by atoms with Gasteiger partial charge in [0.1, 0.15) is 6.10 Å². The lowest BCUT2D eigenvalue weighted by atomic mass is 9.84. The lowest BCUT2D eigenvalue weighted by Crippen LogP contribution is -2.29. The van der Waals surface area contributed by atoms with Gasteiger partial charge in [0.2, 0.25) is 0 Å². The third-order valence-electron chi connectivity index (χ3n) is 2.38. The number of Topliss-reactive ketones (excluding diaryl/α,β-unsaturated/α-hetero) is 1. The van der Waals surface area contributed by atoms with Crippen LogP contribution in [0.5, 0.6) is 0 Å². The molecule has 1 rings (SSSR count). The van der Waals surface area contributed by atoms with Crippen LogP contribution in [0.25, 0.3) is 0 Å². The molecule has 0 aromatic rings. The first-order chi connectivity index (χ1) is 5.31. The van der Waals surface area contributed by atoms with Crippen LogP contribution in [0.4, 0.5) is 0 Å². The molecule has 1 aliphatic rings. The monoisotopic (exact) mass is 168 g/mol. The third kappa shape index (κ3) is 1.44. The maximum Gasteiger partial charge on any atom is 0.173 e. The molecule has 68 valence electrons. The highest BCUT2D eigenvalue weighted by atomic mass is 16.6. The Morgan fingerprint density at radius 2 is 2.00 bits per heavy atom. The van der Waals surface area contributed by atoms with Gasteiger partial charge in [-0.3, -0.25) is 4.79 Å². The molecule has 0 radical (unpaired) electrons. The summed E-state index contributed by atoms with van der Waals surface area (Å²) < 4.78 is 5.26. The van der Waals surface area contributed by atoms with E-state index in [1.54, 1.807) is 6.08 Å². The molecular weight excluding hydrogens is 152 g/mol. The van der Waals surface area contributed by atoms with E-state index in [0.29, 0.717) is 0 Å². The van der Waals surface area contributed by atoms with Gasteiger partial charge in [-0.05, 0) is 27.7 Å². The number of carbonyl (C=O) groups excluding carboxylic acids is 1. The van der Waals surface area contributed by atoms with Gasteiger partial charge in [-0.25, -0.2) is 0 Å². The first kappa shape index (κ1) is 9.46. The molecule has 0 unspecified atom stereocenters. The Morgan fingerprint density at radius 1 is 1.58 bits per heavy atom. The minimum absolute atomic E-state index is 0.127. The second-order valence-electron chi connectivity index (χ2n) is 4.39. The summed E-state index contributed by atoms with van der Waals surface area (Å²) in [6, 6.07) is 0. The molecule has 1 saturated heterocycles. The lowest BCUT2D eigenvalue weighted by molar-refractivity contribution is -0.126. The minimum atomic E-state index is -0.460. The normalized spacial score (nSPS) is 26.5. The van der Waals surface area contributed by atoms with E-state index < -0.39 is 5.41 Å². The fourth-order valence-electron chi connectivity index (χ4n) is 1.08. The zero-order valence-electron chi connectivity index (χ0n) is 8.18. The third-order valence-corrected chi connectivity index (χ3v) is 2.38. The summed E-state index contributed by atoms with van der Waals surface area (Å²) in [7, 11) is 0. The van der Waals surface area contributed by atoms with Crippen molar-refractivity contribution in [2.24, 2.45) is 5.41 Å². The Bertz CT molecular complexity index is 226. The van der Waals surface area contributed by atoms with E-state index in [0.717, 1.165) is 0 Å². The highest BCUT2D eigenvalue weighted by Gasteiger charge is 2.55. The van der Waals surface area contributed by atoms with Crippen molar-refractivity contribution in [3.8, 4) is 0 Å². The summed E-state index contributed by atoms with van der Waals surface area (Å²) in [5.74, 6) is 0.127. The fraction of sp³-hybridized carbons (Fsp3) is 0.700. The number of rotatable bonds is 3. The molecule has 0 aromatic carbocycles. The second-order valence-corrected chi connectivity index (χ2v) is 4.39. The van der Waals surface area contributed by atoms with Gasteiger partial charge < -0.3 is 4.74 Å². The summed E-state index contributed by atoms with van der Waals surface area (Å²) in [5.41, 5.74) is -0.713. The summed E-state index contributed by atoms with van der Waals surface area (Å²) >= 11 is 0. The maximum absolute atomic E-state index is 11.7. The molecule has 0 N–H and O–H groups in total. The molecule has 2 nitrogen and oxygen atoms in total. The standard InChI is InChI=1S/C10H16O2/c1-6-9(2,3)7(11)8-10(4,5)12-8/h6,8H,1H2,2-5H3/t8-/m1/s1. The first-order valence-corrected chi connectivity index (χ1v) is 4.17. The molecule has 12 heavy (non-hydrogen) atoms. The Hall–Kier alpha value is -0.630. The molecule has 0 aliphatic carbocycles. The Kier molecular flexibility index (Phi) is 1.91. The Balaban J connectivity index is 2.68. The van der Waals surface area contributed by atoms with Crippen LogP contribution in [0.1, 0.15) is 27.7 Å². The van der Waals surface area contributed by atoms with Crippen molar-refractivity contribution in [3.05, 3.63) is 12.7 Å². The minimum Gasteiger partial charge on any atom is -0.358 e. The lowest BCUT2D eigenvalue weighted by Gasteiger charge is -2.16. The summed E-state index contributed by atoms with van der Waals surface area (Å²) in [5, 5.41) is 0. The van der Waals surface area contributed by atoms with Crippen LogP contribution in [0.2, 0.25) is 0 Å². The van der Waals surface area contributed by atoms with Crippen molar-refractivity contribution in [2.45, 2.75) is 39.4 Å². The maximum atomic E-state index is 11.7. The fourth-order valence-corrected chi connectivity index (χ4v) is 1.08. The van der Waals surface area contributed by atoms with Crippen LogP contribution in [0.15, 0.2) is 12.7 Å². The van der Waals surface area contributed by atoms with Crippen molar-refractivity contribution >= 4 is 5.78 Å². The molecule has 1 heterocycles. The molecular formula is C10H16O2. The number of allylic oxidation sites excluding steroid dienone is 1. The van der Waals surface area contributed by atoms with Gasteiger partial charge in [0, 0.05) is 5.41 Å².